The molecule has 0 aliphatic carbocycles. The molecule has 0 N–H and O–H groups in total. The van der Waals surface area contributed by atoms with E-state index in [1.807, 2.05) is 0 Å². The molecule has 0 spiro atoms. The third-order valence-corrected chi connectivity index (χ3v) is 2.33. The lowest BCUT2D eigenvalue weighted by Crippen LogP contribution is -2.07. The van der Waals surface area contributed by atoms with E-state index in [0.717, 1.165) is 0 Å². The summed E-state index contributed by atoms with van der Waals surface area (Å²) in [6.07, 6.45) is 1.22. The van der Waals surface area contributed by atoms with Crippen LogP contribution in [0.15, 0.2) is 11.1 Å². The van der Waals surface area contributed by atoms with Gasteiger partial charge in [-0.2, -0.15) is 0 Å². The fourth-order valence-corrected chi connectivity index (χ4v) is 1.43. The summed E-state index contributed by atoms with van der Waals surface area (Å²) in [6.45, 7) is 15.9. The van der Waals surface area contributed by atoms with E-state index >= 15 is 0 Å². The van der Waals surface area contributed by atoms with Crippen LogP contribution < -0.4 is 0 Å². The van der Waals surface area contributed by atoms with Crippen LogP contribution in [-0.4, -0.2) is 0 Å². The minimum Gasteiger partial charge on any atom is -0.0736 e. The number of rotatable bonds is 2. The van der Waals surface area contributed by atoms with Crippen LogP contribution in [0.3, 0.4) is 0 Å². The van der Waals surface area contributed by atoms with Crippen LogP contribution in [0.25, 0.3) is 0 Å². The van der Waals surface area contributed by atoms with E-state index in [1.165, 1.54) is 6.42 Å². The third-order valence-electron chi connectivity index (χ3n) is 2.33. The monoisotopic (exact) mass is 168 g/mol. The largest absolute Gasteiger partial charge is 0.0736 e. The Hall–Kier alpha value is -0.260. The zero-order valence-electron chi connectivity index (χ0n) is 9.78. The van der Waals surface area contributed by atoms with Gasteiger partial charge in [0.25, 0.3) is 0 Å². The second-order valence-electron chi connectivity index (χ2n) is 5.36. The number of allylic oxidation sites excluding steroid dienone is 2. The van der Waals surface area contributed by atoms with Crippen LogP contribution in [0, 0.1) is 11.3 Å². The maximum atomic E-state index is 2.30. The summed E-state index contributed by atoms with van der Waals surface area (Å²) in [7, 11) is 0. The summed E-state index contributed by atoms with van der Waals surface area (Å²) in [5.74, 6) is 0.701. The molecule has 0 amide bonds. The standard InChI is InChI=1S/C12H24/c1-9(2)11(4)10(3)8-12(5,6)7/h9H,8H2,1-7H3. The molecule has 0 aromatic carbocycles. The summed E-state index contributed by atoms with van der Waals surface area (Å²) in [5.41, 5.74) is 3.56. The molecule has 0 unspecified atom stereocenters. The summed E-state index contributed by atoms with van der Waals surface area (Å²) < 4.78 is 0. The smallest absolute Gasteiger partial charge is 0.0260 e. The first-order valence-corrected chi connectivity index (χ1v) is 4.90. The van der Waals surface area contributed by atoms with Crippen molar-refractivity contribution in [2.24, 2.45) is 11.3 Å². The molecule has 12 heavy (non-hydrogen) atoms. The number of hydrogen-bond acceptors (Lipinski definition) is 0. The van der Waals surface area contributed by atoms with Gasteiger partial charge in [-0.3, -0.25) is 0 Å². The molecule has 0 saturated carbocycles. The molecule has 72 valence electrons. The highest BCUT2D eigenvalue weighted by Gasteiger charge is 2.12. The molecule has 0 nitrogen and oxygen atoms in total. The van der Waals surface area contributed by atoms with E-state index < -0.39 is 0 Å². The summed E-state index contributed by atoms with van der Waals surface area (Å²) in [4.78, 5) is 0. The van der Waals surface area contributed by atoms with Crippen molar-refractivity contribution >= 4 is 0 Å². The highest BCUT2D eigenvalue weighted by molar-refractivity contribution is 5.12. The summed E-state index contributed by atoms with van der Waals surface area (Å²) in [5, 5.41) is 0. The van der Waals surface area contributed by atoms with Gasteiger partial charge in [-0.05, 0) is 31.6 Å². The van der Waals surface area contributed by atoms with Crippen molar-refractivity contribution < 1.29 is 0 Å². The number of hydrogen-bond donors (Lipinski definition) is 0. The maximum absolute atomic E-state index is 2.30. The topological polar surface area (TPSA) is 0 Å². The second-order valence-corrected chi connectivity index (χ2v) is 5.36. The Bertz CT molecular complexity index is 165. The van der Waals surface area contributed by atoms with Gasteiger partial charge in [-0.15, -0.1) is 0 Å². The molecule has 0 bridgehead atoms. The minimum absolute atomic E-state index is 0.431. The first kappa shape index (κ1) is 11.7. The minimum atomic E-state index is 0.431. The molecule has 0 atom stereocenters. The van der Waals surface area contributed by atoms with Crippen molar-refractivity contribution in [1.82, 2.24) is 0 Å². The molecule has 0 fully saturated rings. The third kappa shape index (κ3) is 4.58. The first-order chi connectivity index (χ1) is 5.24. The van der Waals surface area contributed by atoms with Crippen LogP contribution in [0.5, 0.6) is 0 Å². The van der Waals surface area contributed by atoms with Crippen molar-refractivity contribution in [3.8, 4) is 0 Å². The Morgan fingerprint density at radius 1 is 1.08 bits per heavy atom. The van der Waals surface area contributed by atoms with Crippen molar-refractivity contribution in [3.05, 3.63) is 11.1 Å². The van der Waals surface area contributed by atoms with Gasteiger partial charge in [0.2, 0.25) is 0 Å². The molecular weight excluding hydrogens is 144 g/mol. The molecule has 0 aromatic rings. The maximum Gasteiger partial charge on any atom is -0.0260 e. The van der Waals surface area contributed by atoms with Gasteiger partial charge < -0.3 is 0 Å². The molecule has 0 radical (unpaired) electrons. The normalized spacial score (nSPS) is 15.0. The van der Waals surface area contributed by atoms with Crippen molar-refractivity contribution in [1.29, 1.82) is 0 Å². The molecule has 0 heterocycles. The van der Waals surface area contributed by atoms with E-state index in [4.69, 9.17) is 0 Å². The Morgan fingerprint density at radius 2 is 1.50 bits per heavy atom. The van der Waals surface area contributed by atoms with E-state index in [-0.39, 0.29) is 0 Å². The fraction of sp³-hybridized carbons (Fsp3) is 0.833. The molecule has 0 heteroatoms. The first-order valence-electron chi connectivity index (χ1n) is 4.90. The van der Waals surface area contributed by atoms with Crippen LogP contribution in [-0.2, 0) is 0 Å². The van der Waals surface area contributed by atoms with E-state index in [9.17, 15) is 0 Å². The highest BCUT2D eigenvalue weighted by Crippen LogP contribution is 2.27. The Morgan fingerprint density at radius 3 is 1.75 bits per heavy atom. The van der Waals surface area contributed by atoms with Crippen molar-refractivity contribution in [3.63, 3.8) is 0 Å². The van der Waals surface area contributed by atoms with Crippen LogP contribution >= 0.6 is 0 Å². The summed E-state index contributed by atoms with van der Waals surface area (Å²) >= 11 is 0. The van der Waals surface area contributed by atoms with Crippen LogP contribution in [0.2, 0.25) is 0 Å². The average molecular weight is 168 g/mol. The van der Waals surface area contributed by atoms with E-state index in [0.29, 0.717) is 11.3 Å². The lowest BCUT2D eigenvalue weighted by molar-refractivity contribution is 0.406. The molecule has 0 aliphatic rings. The lowest BCUT2D eigenvalue weighted by atomic mass is 9.85. The van der Waals surface area contributed by atoms with Gasteiger partial charge in [0.1, 0.15) is 0 Å². The fourth-order valence-electron chi connectivity index (χ4n) is 1.43. The average Bonchev–Trinajstić information content (AvgIpc) is 1.82. The zero-order valence-corrected chi connectivity index (χ0v) is 9.78. The SMILES string of the molecule is CC(CC(C)(C)C)=C(C)C(C)C. The predicted octanol–water partition coefficient (Wildman–Crippen LogP) is 4.42. The van der Waals surface area contributed by atoms with Gasteiger partial charge in [0.15, 0.2) is 0 Å². The molecular formula is C12H24. The molecule has 0 saturated heterocycles. The predicted molar refractivity (Wildman–Crippen MR) is 57.3 cm³/mol. The van der Waals surface area contributed by atoms with E-state index in [2.05, 4.69) is 48.5 Å². The molecule has 0 rings (SSSR count). The van der Waals surface area contributed by atoms with E-state index in [1.54, 1.807) is 11.1 Å². The Balaban J connectivity index is 4.38. The second kappa shape index (κ2) is 4.11. The quantitative estimate of drug-likeness (QED) is 0.536. The molecule has 0 aliphatic heterocycles. The van der Waals surface area contributed by atoms with Crippen molar-refractivity contribution in [2.75, 3.05) is 0 Å². The van der Waals surface area contributed by atoms with Crippen molar-refractivity contribution in [2.45, 2.75) is 54.9 Å². The van der Waals surface area contributed by atoms with Gasteiger partial charge in [-0.25, -0.2) is 0 Å². The Kier molecular flexibility index (Phi) is 4.02. The summed E-state index contributed by atoms with van der Waals surface area (Å²) in [6, 6.07) is 0. The lowest BCUT2D eigenvalue weighted by Gasteiger charge is -2.21. The van der Waals surface area contributed by atoms with Gasteiger partial charge in [-0.1, -0.05) is 45.8 Å². The Labute approximate surface area is 78.1 Å². The van der Waals surface area contributed by atoms with Gasteiger partial charge in [0, 0.05) is 0 Å². The molecule has 0 aromatic heterocycles. The highest BCUT2D eigenvalue weighted by atomic mass is 14.2. The van der Waals surface area contributed by atoms with Gasteiger partial charge in [0.05, 0.1) is 0 Å². The van der Waals surface area contributed by atoms with Crippen LogP contribution in [0.1, 0.15) is 54.9 Å². The van der Waals surface area contributed by atoms with Crippen LogP contribution in [0.4, 0.5) is 0 Å². The van der Waals surface area contributed by atoms with Gasteiger partial charge >= 0.3 is 0 Å². The zero-order chi connectivity index (χ0) is 9.94.